The lowest BCUT2D eigenvalue weighted by Gasteiger charge is -2.21. The van der Waals surface area contributed by atoms with Crippen molar-refractivity contribution in [2.24, 2.45) is 5.92 Å². The summed E-state index contributed by atoms with van der Waals surface area (Å²) >= 11 is 7.26. The van der Waals surface area contributed by atoms with Gasteiger partial charge < -0.3 is 5.11 Å². The Morgan fingerprint density at radius 1 is 1.81 bits per heavy atom. The van der Waals surface area contributed by atoms with E-state index in [1.807, 2.05) is 6.92 Å². The van der Waals surface area contributed by atoms with Gasteiger partial charge in [0.15, 0.2) is 0 Å². The quantitative estimate of drug-likeness (QED) is 0.904. The smallest absolute Gasteiger partial charge is 0.308 e. The number of likely N-dealkylation sites (tertiary alicyclic amines) is 1. The third kappa shape index (κ3) is 2.36. The topological polar surface area (TPSA) is 53.4 Å². The highest BCUT2D eigenvalue weighted by Gasteiger charge is 2.35. The minimum absolute atomic E-state index is 0.0696. The van der Waals surface area contributed by atoms with E-state index in [4.69, 9.17) is 16.7 Å². The Balaban J connectivity index is 2.00. The second kappa shape index (κ2) is 4.69. The molecule has 0 saturated carbocycles. The van der Waals surface area contributed by atoms with Crippen LogP contribution in [0.4, 0.5) is 0 Å². The molecular formula is C10H13ClN2O2S. The summed E-state index contributed by atoms with van der Waals surface area (Å²) in [4.78, 5) is 17.3. The van der Waals surface area contributed by atoms with E-state index < -0.39 is 5.97 Å². The van der Waals surface area contributed by atoms with Crippen LogP contribution in [0.2, 0.25) is 4.34 Å². The predicted octanol–water partition coefficient (Wildman–Crippen LogP) is 2.09. The van der Waals surface area contributed by atoms with Crippen LogP contribution in [0.15, 0.2) is 6.20 Å². The molecule has 2 heterocycles. The molecule has 1 saturated heterocycles. The average molecular weight is 261 g/mol. The Bertz CT molecular complexity index is 396. The molecule has 1 aromatic rings. The highest BCUT2D eigenvalue weighted by Crippen LogP contribution is 2.27. The molecule has 2 unspecified atom stereocenters. The van der Waals surface area contributed by atoms with E-state index in [1.165, 1.54) is 11.3 Å². The Morgan fingerprint density at radius 2 is 2.56 bits per heavy atom. The summed E-state index contributed by atoms with van der Waals surface area (Å²) in [5.74, 6) is -0.956. The van der Waals surface area contributed by atoms with Crippen molar-refractivity contribution in [1.29, 1.82) is 0 Å². The van der Waals surface area contributed by atoms with Gasteiger partial charge in [-0.25, -0.2) is 4.98 Å². The first-order chi connectivity index (χ1) is 7.58. The number of rotatable bonds is 3. The number of aliphatic carboxylic acids is 1. The largest absolute Gasteiger partial charge is 0.481 e. The molecule has 88 valence electrons. The molecule has 2 rings (SSSR count). The molecule has 2 atom stereocenters. The van der Waals surface area contributed by atoms with E-state index in [0.717, 1.165) is 18.0 Å². The molecule has 1 N–H and O–H groups in total. The van der Waals surface area contributed by atoms with Crippen molar-refractivity contribution in [3.63, 3.8) is 0 Å². The summed E-state index contributed by atoms with van der Waals surface area (Å²) in [5.41, 5.74) is 0. The van der Waals surface area contributed by atoms with E-state index in [0.29, 0.717) is 10.9 Å². The third-order valence-corrected chi connectivity index (χ3v) is 4.17. The van der Waals surface area contributed by atoms with Gasteiger partial charge in [0, 0.05) is 6.04 Å². The molecule has 1 aliphatic rings. The van der Waals surface area contributed by atoms with Gasteiger partial charge in [0.2, 0.25) is 0 Å². The van der Waals surface area contributed by atoms with Crippen LogP contribution in [0.5, 0.6) is 0 Å². The standard InChI is InChI=1S/C10H13ClN2O2S/c1-6-7(10(14)15)2-3-13(6)5-9-12-4-8(11)16-9/h4,6-7H,2-3,5H2,1H3,(H,14,15). The van der Waals surface area contributed by atoms with Gasteiger partial charge in [0.1, 0.15) is 9.34 Å². The van der Waals surface area contributed by atoms with Crippen LogP contribution < -0.4 is 0 Å². The SMILES string of the molecule is CC1C(C(=O)O)CCN1Cc1ncc(Cl)s1. The molecule has 0 bridgehead atoms. The van der Waals surface area contributed by atoms with Gasteiger partial charge in [-0.15, -0.1) is 11.3 Å². The Kier molecular flexibility index (Phi) is 3.47. The summed E-state index contributed by atoms with van der Waals surface area (Å²) in [7, 11) is 0. The molecule has 16 heavy (non-hydrogen) atoms. The lowest BCUT2D eigenvalue weighted by molar-refractivity contribution is -0.142. The number of aromatic nitrogens is 1. The number of hydrogen-bond donors (Lipinski definition) is 1. The fraction of sp³-hybridized carbons (Fsp3) is 0.600. The first-order valence-electron chi connectivity index (χ1n) is 5.15. The van der Waals surface area contributed by atoms with Gasteiger partial charge in [0.05, 0.1) is 18.7 Å². The zero-order valence-corrected chi connectivity index (χ0v) is 10.5. The predicted molar refractivity (Wildman–Crippen MR) is 62.7 cm³/mol. The van der Waals surface area contributed by atoms with Crippen molar-refractivity contribution < 1.29 is 9.90 Å². The lowest BCUT2D eigenvalue weighted by Crippen LogP contribution is -2.32. The van der Waals surface area contributed by atoms with E-state index in [1.54, 1.807) is 6.20 Å². The normalized spacial score (nSPS) is 26.1. The van der Waals surface area contributed by atoms with E-state index in [2.05, 4.69) is 9.88 Å². The van der Waals surface area contributed by atoms with Crippen molar-refractivity contribution in [2.45, 2.75) is 25.9 Å². The molecule has 0 aromatic carbocycles. The average Bonchev–Trinajstić information content (AvgIpc) is 2.76. The second-order valence-electron chi connectivity index (χ2n) is 4.00. The van der Waals surface area contributed by atoms with Crippen LogP contribution in [-0.4, -0.2) is 33.5 Å². The van der Waals surface area contributed by atoms with Crippen molar-refractivity contribution in [3.8, 4) is 0 Å². The molecule has 6 heteroatoms. The number of hydrogen-bond acceptors (Lipinski definition) is 4. The van der Waals surface area contributed by atoms with Gasteiger partial charge in [-0.05, 0) is 19.9 Å². The summed E-state index contributed by atoms with van der Waals surface area (Å²) in [6.07, 6.45) is 2.35. The van der Waals surface area contributed by atoms with Crippen molar-refractivity contribution in [3.05, 3.63) is 15.5 Å². The van der Waals surface area contributed by atoms with E-state index in [9.17, 15) is 4.79 Å². The third-order valence-electron chi connectivity index (χ3n) is 3.07. The Morgan fingerprint density at radius 3 is 3.06 bits per heavy atom. The highest BCUT2D eigenvalue weighted by atomic mass is 35.5. The molecule has 0 aliphatic carbocycles. The van der Waals surface area contributed by atoms with E-state index in [-0.39, 0.29) is 12.0 Å². The molecule has 0 spiro atoms. The first-order valence-corrected chi connectivity index (χ1v) is 6.34. The zero-order valence-electron chi connectivity index (χ0n) is 8.89. The maximum absolute atomic E-state index is 11.0. The van der Waals surface area contributed by atoms with Crippen LogP contribution >= 0.6 is 22.9 Å². The van der Waals surface area contributed by atoms with Gasteiger partial charge in [-0.3, -0.25) is 9.69 Å². The van der Waals surface area contributed by atoms with Gasteiger partial charge in [-0.1, -0.05) is 11.6 Å². The maximum atomic E-state index is 11.0. The number of thiazole rings is 1. The Labute approximate surface area is 103 Å². The fourth-order valence-corrected chi connectivity index (χ4v) is 3.07. The van der Waals surface area contributed by atoms with Crippen LogP contribution in [0.3, 0.4) is 0 Å². The molecule has 1 aromatic heterocycles. The number of carbonyl (C=O) groups is 1. The van der Waals surface area contributed by atoms with Crippen molar-refractivity contribution >= 4 is 28.9 Å². The van der Waals surface area contributed by atoms with Gasteiger partial charge >= 0.3 is 5.97 Å². The minimum Gasteiger partial charge on any atom is -0.481 e. The number of halogens is 1. The minimum atomic E-state index is -0.702. The van der Waals surface area contributed by atoms with Crippen LogP contribution in [0.25, 0.3) is 0 Å². The van der Waals surface area contributed by atoms with Gasteiger partial charge in [0.25, 0.3) is 0 Å². The monoisotopic (exact) mass is 260 g/mol. The summed E-state index contributed by atoms with van der Waals surface area (Å²) in [6.45, 7) is 3.47. The maximum Gasteiger partial charge on any atom is 0.308 e. The highest BCUT2D eigenvalue weighted by molar-refractivity contribution is 7.15. The fourth-order valence-electron chi connectivity index (χ4n) is 2.09. The van der Waals surface area contributed by atoms with Crippen LogP contribution in [0.1, 0.15) is 18.4 Å². The summed E-state index contributed by atoms with van der Waals surface area (Å²) < 4.78 is 0.677. The van der Waals surface area contributed by atoms with Crippen molar-refractivity contribution in [1.82, 2.24) is 9.88 Å². The van der Waals surface area contributed by atoms with E-state index >= 15 is 0 Å². The summed E-state index contributed by atoms with van der Waals surface area (Å²) in [5, 5.41) is 9.96. The second-order valence-corrected chi connectivity index (χ2v) is 5.75. The first kappa shape index (κ1) is 11.8. The number of carboxylic acid groups (broad SMARTS) is 1. The molecule has 0 radical (unpaired) electrons. The zero-order chi connectivity index (χ0) is 11.7. The molecule has 1 fully saturated rings. The molecule has 0 amide bonds. The van der Waals surface area contributed by atoms with Crippen molar-refractivity contribution in [2.75, 3.05) is 6.54 Å². The Hall–Kier alpha value is -0.650. The van der Waals surface area contributed by atoms with Gasteiger partial charge in [-0.2, -0.15) is 0 Å². The summed E-state index contributed by atoms with van der Waals surface area (Å²) in [6, 6.07) is 0.0696. The number of carboxylic acids is 1. The number of nitrogens with zero attached hydrogens (tertiary/aromatic N) is 2. The molecular weight excluding hydrogens is 248 g/mol. The molecule has 4 nitrogen and oxygen atoms in total. The molecule has 1 aliphatic heterocycles. The lowest BCUT2D eigenvalue weighted by atomic mass is 10.0. The van der Waals surface area contributed by atoms with Crippen LogP contribution in [-0.2, 0) is 11.3 Å². The van der Waals surface area contributed by atoms with Crippen LogP contribution in [0, 0.1) is 5.92 Å².